The number of ether oxygens (including phenoxy) is 1. The molecule has 5 nitrogen and oxygen atoms in total. The number of hydrogen-bond donors (Lipinski definition) is 1. The number of nitrogens with zero attached hydrogens (tertiary/aromatic N) is 1. The fourth-order valence-corrected chi connectivity index (χ4v) is 5.74. The van der Waals surface area contributed by atoms with Crippen LogP contribution in [0.1, 0.15) is 30.6 Å². The van der Waals surface area contributed by atoms with E-state index < -0.39 is 10.0 Å². The van der Waals surface area contributed by atoms with Crippen LogP contribution in [0.2, 0.25) is 0 Å². The van der Waals surface area contributed by atoms with Crippen molar-refractivity contribution in [3.63, 3.8) is 0 Å². The number of thiophene rings is 1. The Labute approximate surface area is 130 Å². The van der Waals surface area contributed by atoms with Gasteiger partial charge in [-0.25, -0.2) is 8.42 Å². The highest BCUT2D eigenvalue weighted by Crippen LogP contribution is 2.27. The topological polar surface area (TPSA) is 58.6 Å². The molecule has 0 unspecified atom stereocenters. The van der Waals surface area contributed by atoms with Crippen molar-refractivity contribution in [3.05, 3.63) is 17.0 Å². The van der Waals surface area contributed by atoms with Gasteiger partial charge < -0.3 is 10.1 Å². The van der Waals surface area contributed by atoms with E-state index in [9.17, 15) is 8.42 Å². The first-order valence-electron chi connectivity index (χ1n) is 7.56. The van der Waals surface area contributed by atoms with Crippen LogP contribution >= 0.6 is 11.3 Å². The minimum atomic E-state index is -3.28. The van der Waals surface area contributed by atoms with E-state index in [2.05, 4.69) is 5.32 Å². The first kappa shape index (κ1) is 15.4. The Morgan fingerprint density at radius 2 is 2.10 bits per heavy atom. The number of rotatable bonds is 5. The van der Waals surface area contributed by atoms with Gasteiger partial charge in [-0.15, -0.1) is 11.3 Å². The molecule has 0 amide bonds. The predicted octanol–water partition coefficient (Wildman–Crippen LogP) is 1.80. The van der Waals surface area contributed by atoms with E-state index in [1.807, 2.05) is 6.07 Å². The zero-order valence-electron chi connectivity index (χ0n) is 12.1. The van der Waals surface area contributed by atoms with Crippen molar-refractivity contribution in [3.8, 4) is 0 Å². The number of piperidine rings is 1. The van der Waals surface area contributed by atoms with Crippen LogP contribution in [0.15, 0.2) is 16.3 Å². The van der Waals surface area contributed by atoms with Crippen molar-refractivity contribution in [2.45, 2.75) is 42.5 Å². The minimum absolute atomic E-state index is 0.397. The molecule has 7 heteroatoms. The molecule has 0 radical (unpaired) electrons. The SMILES string of the molecule is O=S(=O)(c1ccc(CN[C@@H]2CCOC2)s1)N1CCCCC1. The van der Waals surface area contributed by atoms with E-state index in [0.717, 1.165) is 43.8 Å². The second-order valence-electron chi connectivity index (χ2n) is 5.63. The van der Waals surface area contributed by atoms with Crippen LogP contribution in [0.25, 0.3) is 0 Å². The summed E-state index contributed by atoms with van der Waals surface area (Å²) in [5.74, 6) is 0. The number of sulfonamides is 1. The molecule has 2 fully saturated rings. The van der Waals surface area contributed by atoms with Crippen molar-refractivity contribution >= 4 is 21.4 Å². The average molecular weight is 330 g/mol. The van der Waals surface area contributed by atoms with Crippen molar-refractivity contribution in [1.82, 2.24) is 9.62 Å². The number of hydrogen-bond acceptors (Lipinski definition) is 5. The van der Waals surface area contributed by atoms with Crippen molar-refractivity contribution in [2.24, 2.45) is 0 Å². The highest BCUT2D eigenvalue weighted by Gasteiger charge is 2.27. The Kier molecular flexibility index (Phi) is 4.96. The Morgan fingerprint density at radius 3 is 2.81 bits per heavy atom. The van der Waals surface area contributed by atoms with Crippen LogP contribution in [0.4, 0.5) is 0 Å². The van der Waals surface area contributed by atoms with Gasteiger partial charge in [0.25, 0.3) is 10.0 Å². The zero-order valence-corrected chi connectivity index (χ0v) is 13.7. The predicted molar refractivity (Wildman–Crippen MR) is 83.0 cm³/mol. The summed E-state index contributed by atoms with van der Waals surface area (Å²) in [4.78, 5) is 1.07. The molecule has 21 heavy (non-hydrogen) atoms. The Hall–Kier alpha value is -0.470. The molecule has 0 aromatic carbocycles. The number of nitrogens with one attached hydrogen (secondary N) is 1. The van der Waals surface area contributed by atoms with Gasteiger partial charge >= 0.3 is 0 Å². The van der Waals surface area contributed by atoms with E-state index in [1.54, 1.807) is 10.4 Å². The van der Waals surface area contributed by atoms with Gasteiger partial charge in [-0.2, -0.15) is 4.31 Å². The second kappa shape index (κ2) is 6.75. The molecule has 0 saturated carbocycles. The summed E-state index contributed by atoms with van der Waals surface area (Å²) in [6.07, 6.45) is 4.11. The first-order valence-corrected chi connectivity index (χ1v) is 9.82. The molecule has 3 heterocycles. The maximum absolute atomic E-state index is 12.6. The van der Waals surface area contributed by atoms with Crippen LogP contribution in [-0.2, 0) is 21.3 Å². The van der Waals surface area contributed by atoms with Gasteiger partial charge in [0, 0.05) is 37.2 Å². The fourth-order valence-electron chi connectivity index (χ4n) is 2.76. The molecule has 2 aliphatic rings. The van der Waals surface area contributed by atoms with Crippen LogP contribution in [0, 0.1) is 0 Å². The molecule has 2 saturated heterocycles. The minimum Gasteiger partial charge on any atom is -0.380 e. The van der Waals surface area contributed by atoms with Gasteiger partial charge in [0.2, 0.25) is 0 Å². The third-order valence-corrected chi connectivity index (χ3v) is 7.49. The van der Waals surface area contributed by atoms with E-state index in [-0.39, 0.29) is 0 Å². The molecular weight excluding hydrogens is 308 g/mol. The molecule has 0 bridgehead atoms. The maximum atomic E-state index is 12.6. The summed E-state index contributed by atoms with van der Waals surface area (Å²) < 4.78 is 32.5. The molecule has 2 aliphatic heterocycles. The summed E-state index contributed by atoms with van der Waals surface area (Å²) in [5.41, 5.74) is 0. The van der Waals surface area contributed by atoms with Crippen LogP contribution in [0.3, 0.4) is 0 Å². The Balaban J connectivity index is 1.63. The molecule has 0 spiro atoms. The fraction of sp³-hybridized carbons (Fsp3) is 0.714. The van der Waals surface area contributed by atoms with Crippen LogP contribution in [-0.4, -0.2) is 45.1 Å². The quantitative estimate of drug-likeness (QED) is 0.894. The van der Waals surface area contributed by atoms with Crippen LogP contribution < -0.4 is 5.32 Å². The maximum Gasteiger partial charge on any atom is 0.252 e. The van der Waals surface area contributed by atoms with Crippen LogP contribution in [0.5, 0.6) is 0 Å². The van der Waals surface area contributed by atoms with Crippen molar-refractivity contribution in [1.29, 1.82) is 0 Å². The summed E-state index contributed by atoms with van der Waals surface area (Å²) in [5, 5.41) is 3.42. The van der Waals surface area contributed by atoms with Gasteiger partial charge in [-0.1, -0.05) is 6.42 Å². The molecule has 118 valence electrons. The molecule has 3 rings (SSSR count). The van der Waals surface area contributed by atoms with Gasteiger partial charge in [0.1, 0.15) is 4.21 Å². The molecule has 1 aromatic heterocycles. The standard InChI is InChI=1S/C14H22N2O3S2/c17-21(18,16-7-2-1-3-8-16)14-5-4-13(20-14)10-15-12-6-9-19-11-12/h4-5,12,15H,1-3,6-11H2/t12-/m1/s1. The Bertz CT molecular complexity index is 559. The molecule has 1 atom stereocenters. The lowest BCUT2D eigenvalue weighted by Crippen LogP contribution is -2.35. The third kappa shape index (κ3) is 3.65. The van der Waals surface area contributed by atoms with Gasteiger partial charge in [0.15, 0.2) is 0 Å². The molecule has 1 N–H and O–H groups in total. The highest BCUT2D eigenvalue weighted by atomic mass is 32.2. The van der Waals surface area contributed by atoms with E-state index in [1.165, 1.54) is 11.3 Å². The van der Waals surface area contributed by atoms with Gasteiger partial charge in [-0.05, 0) is 31.4 Å². The lowest BCUT2D eigenvalue weighted by Gasteiger charge is -2.25. The van der Waals surface area contributed by atoms with E-state index in [0.29, 0.717) is 29.9 Å². The normalized spacial score (nSPS) is 24.5. The van der Waals surface area contributed by atoms with E-state index >= 15 is 0 Å². The third-order valence-electron chi connectivity index (χ3n) is 4.04. The zero-order chi connectivity index (χ0) is 14.7. The molecule has 0 aliphatic carbocycles. The first-order chi connectivity index (χ1) is 10.2. The van der Waals surface area contributed by atoms with Crippen molar-refractivity contribution in [2.75, 3.05) is 26.3 Å². The molecular formula is C14H22N2O3S2. The lowest BCUT2D eigenvalue weighted by molar-refractivity contribution is 0.190. The Morgan fingerprint density at radius 1 is 1.29 bits per heavy atom. The highest BCUT2D eigenvalue weighted by molar-refractivity contribution is 7.91. The average Bonchev–Trinajstić information content (AvgIpc) is 3.18. The van der Waals surface area contributed by atoms with Crippen molar-refractivity contribution < 1.29 is 13.2 Å². The smallest absolute Gasteiger partial charge is 0.252 e. The monoisotopic (exact) mass is 330 g/mol. The second-order valence-corrected chi connectivity index (χ2v) is 8.96. The largest absolute Gasteiger partial charge is 0.380 e. The summed E-state index contributed by atoms with van der Waals surface area (Å²) in [7, 11) is -3.28. The summed E-state index contributed by atoms with van der Waals surface area (Å²) in [6.45, 7) is 3.61. The lowest BCUT2D eigenvalue weighted by atomic mass is 10.2. The summed E-state index contributed by atoms with van der Waals surface area (Å²) in [6, 6.07) is 4.07. The molecule has 1 aromatic rings. The summed E-state index contributed by atoms with van der Waals surface area (Å²) >= 11 is 1.38. The van der Waals surface area contributed by atoms with Gasteiger partial charge in [0.05, 0.1) is 6.61 Å². The van der Waals surface area contributed by atoms with E-state index in [4.69, 9.17) is 4.74 Å². The van der Waals surface area contributed by atoms with Gasteiger partial charge in [-0.3, -0.25) is 0 Å².